The van der Waals surface area contributed by atoms with Crippen LogP contribution in [0.4, 0.5) is 0 Å². The van der Waals surface area contributed by atoms with E-state index in [1.54, 1.807) is 0 Å². The molecule has 1 heterocycles. The van der Waals surface area contributed by atoms with Crippen molar-refractivity contribution in [2.24, 2.45) is 5.92 Å². The van der Waals surface area contributed by atoms with E-state index in [-0.39, 0.29) is 0 Å². The van der Waals surface area contributed by atoms with Gasteiger partial charge < -0.3 is 0 Å². The van der Waals surface area contributed by atoms with Crippen LogP contribution in [0.25, 0.3) is 5.69 Å². The number of hydrogen-bond acceptors (Lipinski definition) is 2. The van der Waals surface area contributed by atoms with Crippen molar-refractivity contribution in [1.82, 2.24) is 14.8 Å². The molecule has 0 unspecified atom stereocenters. The lowest BCUT2D eigenvalue weighted by Crippen LogP contribution is -2.15. The number of H-pyrrole nitrogens is 1. The summed E-state index contributed by atoms with van der Waals surface area (Å²) in [6.07, 6.45) is 5.01. The van der Waals surface area contributed by atoms with Crippen molar-refractivity contribution in [3.8, 4) is 5.69 Å². The number of nitrogens with one attached hydrogen (secondary N) is 1. The van der Waals surface area contributed by atoms with Crippen LogP contribution >= 0.6 is 12.2 Å². The number of hydrogen-bond donors (Lipinski definition) is 1. The molecule has 1 aromatic heterocycles. The van der Waals surface area contributed by atoms with E-state index in [0.717, 1.165) is 17.4 Å². The minimum Gasteiger partial charge on any atom is -0.272 e. The van der Waals surface area contributed by atoms with Gasteiger partial charge >= 0.3 is 0 Å². The van der Waals surface area contributed by atoms with Crippen molar-refractivity contribution in [2.45, 2.75) is 38.5 Å². The van der Waals surface area contributed by atoms with Crippen molar-refractivity contribution in [3.63, 3.8) is 0 Å². The highest BCUT2D eigenvalue weighted by Gasteiger charge is 2.24. The van der Waals surface area contributed by atoms with E-state index in [0.29, 0.717) is 10.7 Å². The van der Waals surface area contributed by atoms with Gasteiger partial charge in [0.25, 0.3) is 0 Å². The summed E-state index contributed by atoms with van der Waals surface area (Å²) in [7, 11) is 0. The Morgan fingerprint density at radius 3 is 2.53 bits per heavy atom. The van der Waals surface area contributed by atoms with Gasteiger partial charge in [-0.2, -0.15) is 5.10 Å². The summed E-state index contributed by atoms with van der Waals surface area (Å²) < 4.78 is 2.79. The van der Waals surface area contributed by atoms with Crippen LogP contribution in [0.3, 0.4) is 0 Å². The predicted molar refractivity (Wildman–Crippen MR) is 79.1 cm³/mol. The van der Waals surface area contributed by atoms with Crippen LogP contribution in [0.2, 0.25) is 0 Å². The highest BCUT2D eigenvalue weighted by atomic mass is 32.1. The Morgan fingerprint density at radius 2 is 1.84 bits per heavy atom. The van der Waals surface area contributed by atoms with Crippen molar-refractivity contribution in [1.29, 1.82) is 0 Å². The van der Waals surface area contributed by atoms with Crippen LogP contribution in [0, 0.1) is 10.7 Å². The molecule has 0 saturated heterocycles. The third kappa shape index (κ3) is 2.50. The molecule has 2 aromatic rings. The smallest absolute Gasteiger partial charge is 0.199 e. The summed E-state index contributed by atoms with van der Waals surface area (Å²) in [6.45, 7) is 2.34. The molecule has 0 atom stereocenters. The lowest BCUT2D eigenvalue weighted by atomic mass is 9.82. The largest absolute Gasteiger partial charge is 0.272 e. The van der Waals surface area contributed by atoms with E-state index in [9.17, 15) is 0 Å². The quantitative estimate of drug-likeness (QED) is 0.831. The zero-order valence-electron chi connectivity index (χ0n) is 11.2. The molecular weight excluding hydrogens is 254 g/mol. The first-order chi connectivity index (χ1) is 9.25. The van der Waals surface area contributed by atoms with Gasteiger partial charge in [0.1, 0.15) is 5.82 Å². The zero-order chi connectivity index (χ0) is 13.2. The summed E-state index contributed by atoms with van der Waals surface area (Å²) in [5.74, 6) is 2.48. The van der Waals surface area contributed by atoms with Crippen molar-refractivity contribution >= 4 is 12.2 Å². The molecule has 100 valence electrons. The van der Waals surface area contributed by atoms with Gasteiger partial charge in [-0.1, -0.05) is 38.0 Å². The first-order valence-electron chi connectivity index (χ1n) is 6.98. The van der Waals surface area contributed by atoms with E-state index in [2.05, 4.69) is 33.8 Å². The van der Waals surface area contributed by atoms with Gasteiger partial charge in [-0.25, -0.2) is 0 Å². The van der Waals surface area contributed by atoms with Crippen molar-refractivity contribution < 1.29 is 0 Å². The minimum atomic E-state index is 0.532. The number of rotatable bonds is 2. The van der Waals surface area contributed by atoms with Gasteiger partial charge in [0, 0.05) is 11.6 Å². The molecule has 19 heavy (non-hydrogen) atoms. The average Bonchev–Trinajstić information content (AvgIpc) is 2.82. The Kier molecular flexibility index (Phi) is 3.51. The maximum atomic E-state index is 5.39. The van der Waals surface area contributed by atoms with E-state index in [1.165, 1.54) is 25.7 Å². The van der Waals surface area contributed by atoms with Crippen LogP contribution in [0.5, 0.6) is 0 Å². The van der Waals surface area contributed by atoms with Crippen LogP contribution in [0.15, 0.2) is 30.3 Å². The van der Waals surface area contributed by atoms with Crippen LogP contribution < -0.4 is 0 Å². The Morgan fingerprint density at radius 1 is 1.16 bits per heavy atom. The molecule has 1 aliphatic carbocycles. The fraction of sp³-hybridized carbons (Fsp3) is 0.467. The normalized spacial score (nSPS) is 23.4. The molecule has 3 rings (SSSR count). The molecule has 0 aliphatic heterocycles. The Labute approximate surface area is 118 Å². The topological polar surface area (TPSA) is 33.6 Å². The van der Waals surface area contributed by atoms with Gasteiger partial charge in [-0.05, 0) is 43.1 Å². The SMILES string of the molecule is CC1CCC(c2n[nH]c(=S)n2-c2ccccc2)CC1. The minimum absolute atomic E-state index is 0.532. The summed E-state index contributed by atoms with van der Waals surface area (Å²) in [4.78, 5) is 0. The number of nitrogens with zero attached hydrogens (tertiary/aromatic N) is 2. The van der Waals surface area contributed by atoms with E-state index >= 15 is 0 Å². The van der Waals surface area contributed by atoms with E-state index in [4.69, 9.17) is 12.2 Å². The van der Waals surface area contributed by atoms with Gasteiger partial charge in [0.2, 0.25) is 0 Å². The van der Waals surface area contributed by atoms with Crippen LogP contribution in [-0.4, -0.2) is 14.8 Å². The molecule has 0 bridgehead atoms. The highest BCUT2D eigenvalue weighted by molar-refractivity contribution is 7.71. The molecule has 0 radical (unpaired) electrons. The van der Waals surface area contributed by atoms with Crippen molar-refractivity contribution in [3.05, 3.63) is 40.9 Å². The summed E-state index contributed by atoms with van der Waals surface area (Å²) >= 11 is 5.39. The summed E-state index contributed by atoms with van der Waals surface area (Å²) in [5, 5.41) is 7.45. The number of benzene rings is 1. The molecule has 0 spiro atoms. The van der Waals surface area contributed by atoms with Gasteiger partial charge in [-0.15, -0.1) is 0 Å². The second-order valence-electron chi connectivity index (χ2n) is 5.51. The summed E-state index contributed by atoms with van der Waals surface area (Å²) in [6, 6.07) is 10.3. The molecule has 1 N–H and O–H groups in total. The number of aromatic amines is 1. The van der Waals surface area contributed by atoms with Gasteiger partial charge in [0.15, 0.2) is 4.77 Å². The molecule has 1 aliphatic rings. The first-order valence-corrected chi connectivity index (χ1v) is 7.39. The third-order valence-corrected chi connectivity index (χ3v) is 4.37. The molecule has 1 fully saturated rings. The predicted octanol–water partition coefficient (Wildman–Crippen LogP) is 4.22. The van der Waals surface area contributed by atoms with Gasteiger partial charge in [0.05, 0.1) is 0 Å². The zero-order valence-corrected chi connectivity index (χ0v) is 12.0. The number of aromatic nitrogens is 3. The first kappa shape index (κ1) is 12.6. The van der Waals surface area contributed by atoms with E-state index in [1.807, 2.05) is 18.2 Å². The number of para-hydroxylation sites is 1. The van der Waals surface area contributed by atoms with Crippen molar-refractivity contribution in [2.75, 3.05) is 0 Å². The lowest BCUT2D eigenvalue weighted by molar-refractivity contribution is 0.337. The van der Waals surface area contributed by atoms with Crippen LogP contribution in [-0.2, 0) is 0 Å². The standard InChI is InChI=1S/C15H19N3S/c1-11-7-9-12(10-8-11)14-16-17-15(19)18(14)13-5-3-2-4-6-13/h2-6,11-12H,7-10H2,1H3,(H,17,19). The fourth-order valence-corrected chi connectivity index (χ4v) is 3.17. The Bertz CT molecular complexity index is 591. The second-order valence-corrected chi connectivity index (χ2v) is 5.90. The molecule has 3 nitrogen and oxygen atoms in total. The highest BCUT2D eigenvalue weighted by Crippen LogP contribution is 2.35. The Balaban J connectivity index is 1.97. The molecular formula is C15H19N3S. The molecule has 0 amide bonds. The molecule has 4 heteroatoms. The molecule has 1 aromatic carbocycles. The maximum absolute atomic E-state index is 5.39. The molecule has 1 saturated carbocycles. The maximum Gasteiger partial charge on any atom is 0.199 e. The second kappa shape index (κ2) is 5.29. The lowest BCUT2D eigenvalue weighted by Gasteiger charge is -2.25. The monoisotopic (exact) mass is 273 g/mol. The van der Waals surface area contributed by atoms with Crippen LogP contribution in [0.1, 0.15) is 44.3 Å². The summed E-state index contributed by atoms with van der Waals surface area (Å²) in [5.41, 5.74) is 1.11. The van der Waals surface area contributed by atoms with E-state index < -0.39 is 0 Å². The third-order valence-electron chi connectivity index (χ3n) is 4.09. The fourth-order valence-electron chi connectivity index (χ4n) is 2.93. The average molecular weight is 273 g/mol. The van der Waals surface area contributed by atoms with Gasteiger partial charge in [-0.3, -0.25) is 9.67 Å². The Hall–Kier alpha value is -1.42.